The number of aromatic nitrogens is 3. The van der Waals surface area contributed by atoms with Crippen LogP contribution in [-0.4, -0.2) is 180 Å². The van der Waals surface area contributed by atoms with Gasteiger partial charge >= 0.3 is 0 Å². The monoisotopic (exact) mass is 981 g/mol. The number of halogens is 1. The molecule has 4 amide bonds. The lowest BCUT2D eigenvalue weighted by molar-refractivity contribution is -0.141. The molecule has 378 valence electrons. The molecule has 2 aromatic heterocycles. The van der Waals surface area contributed by atoms with Crippen molar-refractivity contribution in [3.63, 3.8) is 0 Å². The Morgan fingerprint density at radius 1 is 0.722 bits per heavy atom. The zero-order chi connectivity index (χ0) is 49.8. The third-order valence-corrected chi connectivity index (χ3v) is 15.7. The number of nitrogens with one attached hydrogen (secondary N) is 2. The van der Waals surface area contributed by atoms with Gasteiger partial charge in [0, 0.05) is 101 Å². The summed E-state index contributed by atoms with van der Waals surface area (Å²) < 4.78 is 20.6. The van der Waals surface area contributed by atoms with E-state index in [9.17, 15) is 24.0 Å². The highest BCUT2D eigenvalue weighted by molar-refractivity contribution is 6.03. The molecule has 0 aliphatic carbocycles. The van der Waals surface area contributed by atoms with E-state index in [1.165, 1.54) is 11.6 Å². The Labute approximate surface area is 419 Å². The van der Waals surface area contributed by atoms with Gasteiger partial charge in [-0.3, -0.25) is 33.8 Å². The molecule has 5 fully saturated rings. The van der Waals surface area contributed by atoms with Gasteiger partial charge in [0.1, 0.15) is 5.82 Å². The summed E-state index contributed by atoms with van der Waals surface area (Å²) in [4.78, 5) is 84.0. The van der Waals surface area contributed by atoms with Gasteiger partial charge in [-0.25, -0.2) is 14.5 Å². The number of ether oxygens (including phenoxy) is 1. The molecule has 16 nitrogen and oxygen atoms in total. The summed E-state index contributed by atoms with van der Waals surface area (Å²) >= 11 is 0. The minimum atomic E-state index is -0.608. The molecule has 7 heterocycles. The highest BCUT2D eigenvalue weighted by Crippen LogP contribution is 2.38. The van der Waals surface area contributed by atoms with Gasteiger partial charge in [-0.1, -0.05) is 55.5 Å². The molecule has 5 aliphatic rings. The van der Waals surface area contributed by atoms with Gasteiger partial charge in [0.15, 0.2) is 5.69 Å². The molecular formula is C55H65FN10O6. The third-order valence-electron chi connectivity index (χ3n) is 15.7. The number of fused-ring (bicyclic) bond motifs is 1. The summed E-state index contributed by atoms with van der Waals surface area (Å²) in [6.07, 6.45) is 6.74. The lowest BCUT2D eigenvalue weighted by Gasteiger charge is -2.47. The zero-order valence-corrected chi connectivity index (χ0v) is 41.3. The maximum absolute atomic E-state index is 15.1. The number of anilines is 1. The number of amides is 4. The standard InChI is InChI=1S/C55H65FN10O6/c1-2-38-6-5-7-41(28-38)42-31-48(58-49(67)34-61-18-14-55(15-19-61)36-72-37-55)51(57-32-42)54(71)65-16-12-39(13-17-65)33-62-20-22-63(23-21-62)35-50(68)64-24-26-66(27-25-64)53(70)45-29-40(10-11-46(45)56)30-47-43-8-3-4-9-44(43)52(69)60-59-47/h3-11,28-29,31-32,39H,2,12-27,30,33-37H2,1H3,(H,58,67)(H,60,69). The molecule has 2 N–H and O–H groups in total. The summed E-state index contributed by atoms with van der Waals surface area (Å²) in [6.45, 7) is 12.8. The van der Waals surface area contributed by atoms with Gasteiger partial charge in [0.25, 0.3) is 17.4 Å². The van der Waals surface area contributed by atoms with E-state index in [1.54, 1.807) is 40.3 Å². The van der Waals surface area contributed by atoms with Crippen LogP contribution < -0.4 is 10.9 Å². The lowest BCUT2D eigenvalue weighted by atomic mass is 9.77. The first-order valence-electron chi connectivity index (χ1n) is 25.7. The molecule has 5 aliphatic heterocycles. The smallest absolute Gasteiger partial charge is 0.274 e. The SMILES string of the molecule is CCc1cccc(-c2cnc(C(=O)N3CCC(CN4CCN(CC(=O)N5CCN(C(=O)c6cc(Cc7n[nH]c(=O)c8ccccc78)ccc6F)CC5)CC4)CC3)c(NC(=O)CN3CCC4(CC3)COC4)c2)c1. The molecule has 0 saturated carbocycles. The van der Waals surface area contributed by atoms with Crippen LogP contribution >= 0.6 is 0 Å². The van der Waals surface area contributed by atoms with E-state index in [4.69, 9.17) is 9.72 Å². The van der Waals surface area contributed by atoms with E-state index in [1.807, 2.05) is 35.2 Å². The predicted molar refractivity (Wildman–Crippen MR) is 272 cm³/mol. The fourth-order valence-corrected chi connectivity index (χ4v) is 11.0. The molecule has 3 aromatic carbocycles. The topological polar surface area (TPSA) is 168 Å². The van der Waals surface area contributed by atoms with Gasteiger partial charge in [0.2, 0.25) is 11.8 Å². The Morgan fingerprint density at radius 2 is 1.42 bits per heavy atom. The average Bonchev–Trinajstić information content (AvgIpc) is 3.40. The normalized spacial score (nSPS) is 19.1. The Hall–Kier alpha value is -6.40. The van der Waals surface area contributed by atoms with Crippen molar-refractivity contribution in [2.75, 3.05) is 117 Å². The maximum Gasteiger partial charge on any atom is 0.274 e. The average molecular weight is 981 g/mol. The maximum atomic E-state index is 15.1. The summed E-state index contributed by atoms with van der Waals surface area (Å²) in [7, 11) is 0. The Morgan fingerprint density at radius 3 is 2.14 bits per heavy atom. The van der Waals surface area contributed by atoms with Crippen molar-refractivity contribution in [3.8, 4) is 11.1 Å². The van der Waals surface area contributed by atoms with Crippen LogP contribution in [-0.2, 0) is 27.2 Å². The summed E-state index contributed by atoms with van der Waals surface area (Å²) in [5, 5.41) is 11.1. The summed E-state index contributed by atoms with van der Waals surface area (Å²) in [5.74, 6) is -0.877. The molecule has 0 radical (unpaired) electrons. The van der Waals surface area contributed by atoms with Gasteiger partial charge in [0.05, 0.1) is 48.6 Å². The van der Waals surface area contributed by atoms with Crippen molar-refractivity contribution < 1.29 is 28.3 Å². The van der Waals surface area contributed by atoms with Crippen molar-refractivity contribution in [1.29, 1.82) is 0 Å². The van der Waals surface area contributed by atoms with E-state index in [2.05, 4.69) is 49.3 Å². The fourth-order valence-electron chi connectivity index (χ4n) is 11.0. The Balaban J connectivity index is 0.673. The van der Waals surface area contributed by atoms with Crippen molar-refractivity contribution in [2.45, 2.75) is 45.4 Å². The molecule has 0 unspecified atom stereocenters. The van der Waals surface area contributed by atoms with E-state index < -0.39 is 11.7 Å². The summed E-state index contributed by atoms with van der Waals surface area (Å²) in [5.41, 5.74) is 5.05. The highest BCUT2D eigenvalue weighted by Gasteiger charge is 2.41. The second-order valence-corrected chi connectivity index (χ2v) is 20.5. The molecule has 0 atom stereocenters. The first-order valence-corrected chi connectivity index (χ1v) is 25.7. The molecule has 72 heavy (non-hydrogen) atoms. The van der Waals surface area contributed by atoms with Crippen LogP contribution in [0.4, 0.5) is 10.1 Å². The number of hydrogen-bond donors (Lipinski definition) is 2. The number of piperazine rings is 2. The number of H-pyrrole nitrogens is 1. The number of piperidine rings is 2. The molecule has 10 rings (SSSR count). The number of hydrogen-bond acceptors (Lipinski definition) is 11. The van der Waals surface area contributed by atoms with E-state index in [0.717, 1.165) is 102 Å². The summed E-state index contributed by atoms with van der Waals surface area (Å²) in [6, 6.07) is 21.8. The number of pyridine rings is 1. The highest BCUT2D eigenvalue weighted by atomic mass is 19.1. The second kappa shape index (κ2) is 21.8. The first kappa shape index (κ1) is 49.2. The quantitative estimate of drug-likeness (QED) is 0.167. The number of aryl methyl sites for hydroxylation is 1. The second-order valence-electron chi connectivity index (χ2n) is 20.5. The van der Waals surface area contributed by atoms with Crippen LogP contribution in [0, 0.1) is 17.2 Å². The molecule has 17 heteroatoms. The first-order chi connectivity index (χ1) is 35.0. The number of aromatic amines is 1. The molecule has 5 saturated heterocycles. The lowest BCUT2D eigenvalue weighted by Crippen LogP contribution is -2.55. The number of carbonyl (C=O) groups excluding carboxylic acids is 4. The predicted octanol–water partition coefficient (Wildman–Crippen LogP) is 4.78. The van der Waals surface area contributed by atoms with Crippen molar-refractivity contribution in [3.05, 3.63) is 123 Å². The van der Waals surface area contributed by atoms with Crippen molar-refractivity contribution in [2.24, 2.45) is 11.3 Å². The number of carbonyl (C=O) groups is 4. The minimum Gasteiger partial charge on any atom is -0.380 e. The van der Waals surface area contributed by atoms with Crippen LogP contribution in [0.25, 0.3) is 21.9 Å². The van der Waals surface area contributed by atoms with Crippen LogP contribution in [0.5, 0.6) is 0 Å². The van der Waals surface area contributed by atoms with Crippen LogP contribution in [0.15, 0.2) is 83.8 Å². The minimum absolute atomic E-state index is 0.0249. The largest absolute Gasteiger partial charge is 0.380 e. The van der Waals surface area contributed by atoms with Gasteiger partial charge < -0.3 is 29.7 Å². The van der Waals surface area contributed by atoms with E-state index in [-0.39, 0.29) is 46.5 Å². The molecule has 5 aromatic rings. The van der Waals surface area contributed by atoms with Crippen molar-refractivity contribution in [1.82, 2.24) is 44.6 Å². The molecule has 1 spiro atoms. The number of rotatable bonds is 13. The van der Waals surface area contributed by atoms with E-state index >= 15 is 4.39 Å². The Bertz CT molecular complexity index is 2860. The number of likely N-dealkylation sites (tertiary alicyclic amines) is 2. The zero-order valence-electron chi connectivity index (χ0n) is 41.3. The van der Waals surface area contributed by atoms with Gasteiger partial charge in [-0.15, -0.1) is 0 Å². The Kier molecular flexibility index (Phi) is 14.9. The van der Waals surface area contributed by atoms with Gasteiger partial charge in [-0.05, 0) is 92.1 Å². The molecular weight excluding hydrogens is 916 g/mol. The third kappa shape index (κ3) is 11.1. The van der Waals surface area contributed by atoms with E-state index in [0.29, 0.717) is 85.9 Å². The van der Waals surface area contributed by atoms with Crippen LogP contribution in [0.3, 0.4) is 0 Å². The molecule has 0 bridgehead atoms. The number of nitrogens with zero attached hydrogens (tertiary/aromatic N) is 8. The van der Waals surface area contributed by atoms with Crippen molar-refractivity contribution >= 4 is 40.1 Å². The fraction of sp³-hybridized carbons (Fsp3) is 0.473. The van der Waals surface area contributed by atoms with Crippen LogP contribution in [0.1, 0.15) is 70.3 Å². The van der Waals surface area contributed by atoms with Gasteiger partial charge in [-0.2, -0.15) is 5.10 Å². The van der Waals surface area contributed by atoms with Crippen LogP contribution in [0.2, 0.25) is 0 Å². The number of benzene rings is 3.